The highest BCUT2D eigenvalue weighted by molar-refractivity contribution is 9.11. The van der Waals surface area contributed by atoms with E-state index in [0.29, 0.717) is 5.11 Å². The first-order valence-corrected chi connectivity index (χ1v) is 9.67. The maximum absolute atomic E-state index is 13.4. The minimum absolute atomic E-state index is 0.0517. The fourth-order valence-corrected chi connectivity index (χ4v) is 4.91. The molecule has 0 bridgehead atoms. The number of thiophene rings is 1. The Hall–Kier alpha value is -1.83. The van der Waals surface area contributed by atoms with E-state index in [0.717, 1.165) is 20.0 Å². The number of hydrogen-bond donors (Lipinski definition) is 1. The Morgan fingerprint density at radius 3 is 2.56 bits per heavy atom. The third-order valence-corrected chi connectivity index (χ3v) is 6.10. The standard InChI is InChI=1S/C18H13BrFN3S2/c19-15-9-8-14(25-15)17-16(13-3-1-2-10-21-13)22-18(24)23(17)12-6-4-11(20)5-7-12/h1-10,16-17H,(H,22,24)/t16-,17+/m1/s1. The van der Waals surface area contributed by atoms with Crippen LogP contribution in [0.5, 0.6) is 0 Å². The number of pyridine rings is 1. The molecule has 1 N–H and O–H groups in total. The van der Waals surface area contributed by atoms with Gasteiger partial charge in [-0.25, -0.2) is 4.39 Å². The molecule has 0 aliphatic carbocycles. The van der Waals surface area contributed by atoms with Crippen LogP contribution in [0.1, 0.15) is 22.7 Å². The first-order valence-electron chi connectivity index (χ1n) is 7.65. The van der Waals surface area contributed by atoms with E-state index in [1.807, 2.05) is 29.2 Å². The van der Waals surface area contributed by atoms with Crippen molar-refractivity contribution in [2.45, 2.75) is 12.1 Å². The van der Waals surface area contributed by atoms with Crippen LogP contribution in [0.3, 0.4) is 0 Å². The van der Waals surface area contributed by atoms with E-state index in [-0.39, 0.29) is 17.9 Å². The van der Waals surface area contributed by atoms with Crippen LogP contribution in [0.15, 0.2) is 64.6 Å². The molecule has 2 aromatic heterocycles. The van der Waals surface area contributed by atoms with Crippen molar-refractivity contribution < 1.29 is 4.39 Å². The lowest BCUT2D eigenvalue weighted by Gasteiger charge is -2.26. The van der Waals surface area contributed by atoms with Crippen molar-refractivity contribution in [2.24, 2.45) is 0 Å². The van der Waals surface area contributed by atoms with Crippen molar-refractivity contribution in [1.29, 1.82) is 0 Å². The lowest BCUT2D eigenvalue weighted by molar-refractivity contribution is 0.575. The van der Waals surface area contributed by atoms with E-state index >= 15 is 0 Å². The van der Waals surface area contributed by atoms with Crippen LogP contribution in [0.2, 0.25) is 0 Å². The lowest BCUT2D eigenvalue weighted by Crippen LogP contribution is -2.29. The van der Waals surface area contributed by atoms with Gasteiger partial charge in [-0.2, -0.15) is 0 Å². The number of benzene rings is 1. The fraction of sp³-hybridized carbons (Fsp3) is 0.111. The molecule has 1 aliphatic heterocycles. The first-order chi connectivity index (χ1) is 12.1. The van der Waals surface area contributed by atoms with Crippen LogP contribution in [0, 0.1) is 5.82 Å². The number of rotatable bonds is 3. The van der Waals surface area contributed by atoms with E-state index in [1.54, 1.807) is 29.7 Å². The topological polar surface area (TPSA) is 28.2 Å². The second-order valence-electron chi connectivity index (χ2n) is 5.61. The molecule has 3 aromatic rings. The third kappa shape index (κ3) is 3.19. The van der Waals surface area contributed by atoms with E-state index in [2.05, 4.69) is 32.3 Å². The highest BCUT2D eigenvalue weighted by Gasteiger charge is 2.41. The van der Waals surface area contributed by atoms with Gasteiger partial charge in [0.1, 0.15) is 5.82 Å². The van der Waals surface area contributed by atoms with E-state index in [9.17, 15) is 4.39 Å². The summed E-state index contributed by atoms with van der Waals surface area (Å²) in [5, 5.41) is 3.99. The summed E-state index contributed by atoms with van der Waals surface area (Å²) in [7, 11) is 0. The zero-order chi connectivity index (χ0) is 17.4. The van der Waals surface area contributed by atoms with Gasteiger partial charge < -0.3 is 10.2 Å². The Balaban J connectivity index is 1.81. The van der Waals surface area contributed by atoms with Gasteiger partial charge in [0.2, 0.25) is 0 Å². The zero-order valence-electron chi connectivity index (χ0n) is 12.9. The smallest absolute Gasteiger partial charge is 0.174 e. The van der Waals surface area contributed by atoms with Crippen LogP contribution in [0.4, 0.5) is 10.1 Å². The molecule has 0 saturated carbocycles. The molecular weight excluding hydrogens is 421 g/mol. The second kappa shape index (κ2) is 6.82. The van der Waals surface area contributed by atoms with Gasteiger partial charge in [-0.3, -0.25) is 4.98 Å². The largest absolute Gasteiger partial charge is 0.351 e. The van der Waals surface area contributed by atoms with Gasteiger partial charge in [-0.1, -0.05) is 6.07 Å². The number of nitrogens with one attached hydrogen (secondary N) is 1. The summed E-state index contributed by atoms with van der Waals surface area (Å²) < 4.78 is 14.4. The predicted molar refractivity (Wildman–Crippen MR) is 106 cm³/mol. The normalized spacial score (nSPS) is 19.9. The summed E-state index contributed by atoms with van der Waals surface area (Å²) in [4.78, 5) is 7.69. The van der Waals surface area contributed by atoms with Gasteiger partial charge in [0, 0.05) is 16.8 Å². The van der Waals surface area contributed by atoms with Crippen LogP contribution < -0.4 is 10.2 Å². The van der Waals surface area contributed by atoms with Crippen molar-refractivity contribution >= 4 is 50.3 Å². The number of thiocarbonyl (C=S) groups is 1. The van der Waals surface area contributed by atoms with Gasteiger partial charge in [0.25, 0.3) is 0 Å². The minimum atomic E-state index is -0.265. The summed E-state index contributed by atoms with van der Waals surface area (Å²) in [6, 6.07) is 16.2. The molecule has 7 heteroatoms. The third-order valence-electron chi connectivity index (χ3n) is 4.09. The maximum Gasteiger partial charge on any atom is 0.174 e. The van der Waals surface area contributed by atoms with E-state index in [4.69, 9.17) is 12.2 Å². The summed E-state index contributed by atoms with van der Waals surface area (Å²) in [6.45, 7) is 0. The predicted octanol–water partition coefficient (Wildman–Crippen LogP) is 5.22. The van der Waals surface area contributed by atoms with Crippen LogP contribution in [-0.4, -0.2) is 10.1 Å². The summed E-state index contributed by atoms with van der Waals surface area (Å²) in [5.74, 6) is -0.265. The highest BCUT2D eigenvalue weighted by Crippen LogP contribution is 2.44. The quantitative estimate of drug-likeness (QED) is 0.572. The fourth-order valence-electron chi connectivity index (χ4n) is 3.01. The van der Waals surface area contributed by atoms with Crippen molar-refractivity contribution in [3.8, 4) is 0 Å². The molecule has 126 valence electrons. The van der Waals surface area contributed by atoms with Crippen molar-refractivity contribution in [2.75, 3.05) is 4.90 Å². The molecule has 0 radical (unpaired) electrons. The molecule has 25 heavy (non-hydrogen) atoms. The molecule has 3 nitrogen and oxygen atoms in total. The average Bonchev–Trinajstić information content (AvgIpc) is 3.20. The van der Waals surface area contributed by atoms with E-state index < -0.39 is 0 Å². The van der Waals surface area contributed by atoms with Crippen molar-refractivity contribution in [1.82, 2.24) is 10.3 Å². The Labute approximate surface area is 162 Å². The zero-order valence-corrected chi connectivity index (χ0v) is 16.1. The highest BCUT2D eigenvalue weighted by atomic mass is 79.9. The molecule has 1 aliphatic rings. The van der Waals surface area contributed by atoms with Crippen LogP contribution in [-0.2, 0) is 0 Å². The molecular formula is C18H13BrFN3S2. The van der Waals surface area contributed by atoms with Crippen LogP contribution in [0.25, 0.3) is 0 Å². The van der Waals surface area contributed by atoms with Crippen molar-refractivity contribution in [3.63, 3.8) is 0 Å². The van der Waals surface area contributed by atoms with Gasteiger partial charge >= 0.3 is 0 Å². The molecule has 0 amide bonds. The molecule has 1 saturated heterocycles. The number of halogens is 2. The molecule has 4 rings (SSSR count). The summed E-state index contributed by atoms with van der Waals surface area (Å²) in [5.41, 5.74) is 1.77. The number of nitrogens with zero attached hydrogens (tertiary/aromatic N) is 2. The Morgan fingerprint density at radius 2 is 1.92 bits per heavy atom. The molecule has 3 heterocycles. The number of hydrogen-bond acceptors (Lipinski definition) is 3. The average molecular weight is 434 g/mol. The summed E-state index contributed by atoms with van der Waals surface area (Å²) >= 11 is 10.8. The molecule has 2 atom stereocenters. The van der Waals surface area contributed by atoms with Gasteiger partial charge in [0.05, 0.1) is 21.6 Å². The molecule has 0 unspecified atom stereocenters. The van der Waals surface area contributed by atoms with Crippen LogP contribution >= 0.6 is 39.5 Å². The molecule has 1 fully saturated rings. The maximum atomic E-state index is 13.4. The Morgan fingerprint density at radius 1 is 1.12 bits per heavy atom. The SMILES string of the molecule is Fc1ccc(N2C(=S)N[C@H](c3ccccn3)[C@@H]2c2ccc(Br)s2)cc1. The first kappa shape index (κ1) is 16.6. The monoisotopic (exact) mass is 433 g/mol. The Bertz CT molecular complexity index is 898. The van der Waals surface area contributed by atoms with E-state index in [1.165, 1.54) is 12.1 Å². The number of aromatic nitrogens is 1. The second-order valence-corrected chi connectivity index (χ2v) is 8.50. The van der Waals surface area contributed by atoms with Gasteiger partial charge in [-0.15, -0.1) is 11.3 Å². The van der Waals surface area contributed by atoms with Gasteiger partial charge in [-0.05, 0) is 76.7 Å². The molecule has 0 spiro atoms. The van der Waals surface area contributed by atoms with Crippen molar-refractivity contribution in [3.05, 3.63) is 81.0 Å². The van der Waals surface area contributed by atoms with Gasteiger partial charge in [0.15, 0.2) is 5.11 Å². The molecule has 1 aromatic carbocycles. The number of anilines is 1. The Kier molecular flexibility index (Phi) is 4.54. The lowest BCUT2D eigenvalue weighted by atomic mass is 10.0. The minimum Gasteiger partial charge on any atom is -0.351 e. The summed E-state index contributed by atoms with van der Waals surface area (Å²) in [6.07, 6.45) is 1.78.